The number of nitrogens with one attached hydrogen (secondary N) is 1. The fourth-order valence-corrected chi connectivity index (χ4v) is 2.06. The lowest BCUT2D eigenvalue weighted by molar-refractivity contribution is 0.00424. The molecule has 106 valence electrons. The van der Waals surface area contributed by atoms with Gasteiger partial charge in [-0.3, -0.25) is 0 Å². The van der Waals surface area contributed by atoms with Gasteiger partial charge in [-0.2, -0.15) is 0 Å². The molecule has 1 heterocycles. The Kier molecular flexibility index (Phi) is 5.45. The average molecular weight is 256 g/mol. The van der Waals surface area contributed by atoms with Gasteiger partial charge in [0.25, 0.3) is 0 Å². The molecule has 0 radical (unpaired) electrons. The van der Waals surface area contributed by atoms with Crippen molar-refractivity contribution < 1.29 is 9.53 Å². The summed E-state index contributed by atoms with van der Waals surface area (Å²) in [6, 6.07) is 0.972. The highest BCUT2D eigenvalue weighted by molar-refractivity contribution is 5.69. The van der Waals surface area contributed by atoms with Crippen molar-refractivity contribution >= 4 is 6.09 Å². The second kappa shape index (κ2) is 6.41. The van der Waals surface area contributed by atoms with E-state index in [1.54, 1.807) is 4.90 Å². The molecule has 1 saturated heterocycles. The summed E-state index contributed by atoms with van der Waals surface area (Å²) in [5, 5.41) is 3.55. The molecule has 0 saturated carbocycles. The Morgan fingerprint density at radius 2 is 2.06 bits per heavy atom. The molecule has 1 amide bonds. The number of rotatable bonds is 5. The van der Waals surface area contributed by atoms with Crippen LogP contribution >= 0.6 is 0 Å². The van der Waals surface area contributed by atoms with E-state index in [-0.39, 0.29) is 6.09 Å². The first-order chi connectivity index (χ1) is 8.31. The minimum atomic E-state index is -0.399. The highest BCUT2D eigenvalue weighted by atomic mass is 16.6. The van der Waals surface area contributed by atoms with Crippen LogP contribution in [-0.4, -0.2) is 41.8 Å². The molecular weight excluding hydrogens is 228 g/mol. The van der Waals surface area contributed by atoms with E-state index in [0.717, 1.165) is 13.1 Å². The molecule has 18 heavy (non-hydrogen) atoms. The molecule has 4 heteroatoms. The van der Waals surface area contributed by atoms with E-state index in [4.69, 9.17) is 4.74 Å². The van der Waals surface area contributed by atoms with Crippen molar-refractivity contribution in [1.82, 2.24) is 10.2 Å². The number of likely N-dealkylation sites (tertiary alicyclic amines) is 1. The van der Waals surface area contributed by atoms with Crippen LogP contribution in [0.3, 0.4) is 0 Å². The van der Waals surface area contributed by atoms with Gasteiger partial charge in [0.2, 0.25) is 0 Å². The Labute approximate surface area is 111 Å². The smallest absolute Gasteiger partial charge is 0.410 e. The van der Waals surface area contributed by atoms with Crippen molar-refractivity contribution in [3.63, 3.8) is 0 Å². The number of unbranched alkanes of at least 4 members (excludes halogenated alkanes) is 1. The molecular formula is C14H28N2O2. The summed E-state index contributed by atoms with van der Waals surface area (Å²) in [5.74, 6) is 0. The Bertz CT molecular complexity index is 267. The van der Waals surface area contributed by atoms with Gasteiger partial charge in [-0.05, 0) is 34.1 Å². The molecule has 0 aromatic heterocycles. The van der Waals surface area contributed by atoms with E-state index < -0.39 is 5.60 Å². The third-order valence-corrected chi connectivity index (χ3v) is 3.04. The molecule has 0 spiro atoms. The number of hydrogen-bond acceptors (Lipinski definition) is 3. The SMILES string of the molecule is CCCCC(C)NC1CN(C(=O)OC(C)(C)C)C1. The molecule has 1 N–H and O–H groups in total. The molecule has 0 bridgehead atoms. The summed E-state index contributed by atoms with van der Waals surface area (Å²) in [5.41, 5.74) is -0.399. The zero-order valence-electron chi connectivity index (χ0n) is 12.5. The molecule has 1 atom stereocenters. The highest BCUT2D eigenvalue weighted by Crippen LogP contribution is 2.16. The fraction of sp³-hybridized carbons (Fsp3) is 0.929. The number of carbonyl (C=O) groups excluding carboxylic acids is 1. The third kappa shape index (κ3) is 5.25. The van der Waals surface area contributed by atoms with Crippen LogP contribution < -0.4 is 5.32 Å². The lowest BCUT2D eigenvalue weighted by Gasteiger charge is -2.41. The van der Waals surface area contributed by atoms with Gasteiger partial charge in [-0.15, -0.1) is 0 Å². The van der Waals surface area contributed by atoms with Crippen LogP contribution in [0.25, 0.3) is 0 Å². The van der Waals surface area contributed by atoms with Crippen LogP contribution in [0.5, 0.6) is 0 Å². The van der Waals surface area contributed by atoms with Crippen molar-refractivity contribution in [3.05, 3.63) is 0 Å². The Morgan fingerprint density at radius 3 is 2.56 bits per heavy atom. The van der Waals surface area contributed by atoms with Gasteiger partial charge < -0.3 is 15.0 Å². The number of amides is 1. The summed E-state index contributed by atoms with van der Waals surface area (Å²) in [6.45, 7) is 11.6. The number of hydrogen-bond donors (Lipinski definition) is 1. The maximum absolute atomic E-state index is 11.7. The van der Waals surface area contributed by atoms with Gasteiger partial charge in [0.1, 0.15) is 5.60 Å². The van der Waals surface area contributed by atoms with Gasteiger partial charge in [-0.1, -0.05) is 19.8 Å². The van der Waals surface area contributed by atoms with E-state index in [1.165, 1.54) is 19.3 Å². The monoisotopic (exact) mass is 256 g/mol. The molecule has 4 nitrogen and oxygen atoms in total. The van der Waals surface area contributed by atoms with Gasteiger partial charge >= 0.3 is 6.09 Å². The minimum Gasteiger partial charge on any atom is -0.444 e. The van der Waals surface area contributed by atoms with Crippen LogP contribution in [0.4, 0.5) is 4.79 Å². The van der Waals surface area contributed by atoms with Gasteiger partial charge in [0.15, 0.2) is 0 Å². The van der Waals surface area contributed by atoms with Crippen molar-refractivity contribution in [2.75, 3.05) is 13.1 Å². The van der Waals surface area contributed by atoms with Crippen LogP contribution in [0.1, 0.15) is 53.9 Å². The number of nitrogens with zero attached hydrogens (tertiary/aromatic N) is 1. The van der Waals surface area contributed by atoms with Crippen LogP contribution in [-0.2, 0) is 4.74 Å². The van der Waals surface area contributed by atoms with Crippen LogP contribution in [0, 0.1) is 0 Å². The molecule has 0 aromatic carbocycles. The van der Waals surface area contributed by atoms with Crippen LogP contribution in [0.15, 0.2) is 0 Å². The predicted molar refractivity (Wildman–Crippen MR) is 73.7 cm³/mol. The first-order valence-corrected chi connectivity index (χ1v) is 7.05. The summed E-state index contributed by atoms with van der Waals surface area (Å²) in [4.78, 5) is 13.5. The minimum absolute atomic E-state index is 0.193. The Hall–Kier alpha value is -0.770. The number of ether oxygens (including phenoxy) is 1. The summed E-state index contributed by atoms with van der Waals surface area (Å²) in [7, 11) is 0. The van der Waals surface area contributed by atoms with E-state index in [1.807, 2.05) is 20.8 Å². The summed E-state index contributed by atoms with van der Waals surface area (Å²) >= 11 is 0. The molecule has 1 aliphatic rings. The zero-order chi connectivity index (χ0) is 13.8. The van der Waals surface area contributed by atoms with Crippen molar-refractivity contribution in [2.45, 2.75) is 71.6 Å². The molecule has 1 fully saturated rings. The summed E-state index contributed by atoms with van der Waals surface area (Å²) < 4.78 is 5.32. The predicted octanol–water partition coefficient (Wildman–Crippen LogP) is 2.77. The van der Waals surface area contributed by atoms with Gasteiger partial charge in [0, 0.05) is 25.2 Å². The fourth-order valence-electron chi connectivity index (χ4n) is 2.06. The first-order valence-electron chi connectivity index (χ1n) is 7.05. The molecule has 1 aliphatic heterocycles. The van der Waals surface area contributed by atoms with Crippen LogP contribution in [0.2, 0.25) is 0 Å². The van der Waals surface area contributed by atoms with Crippen molar-refractivity contribution in [1.29, 1.82) is 0 Å². The first kappa shape index (κ1) is 15.3. The highest BCUT2D eigenvalue weighted by Gasteiger charge is 2.33. The quantitative estimate of drug-likeness (QED) is 0.822. The van der Waals surface area contributed by atoms with Gasteiger partial charge in [-0.25, -0.2) is 4.79 Å². The second-order valence-corrected chi connectivity index (χ2v) is 6.29. The summed E-state index contributed by atoms with van der Waals surface area (Å²) in [6.07, 6.45) is 3.51. The van der Waals surface area contributed by atoms with E-state index in [2.05, 4.69) is 19.2 Å². The standard InChI is InChI=1S/C14H28N2O2/c1-6-7-8-11(2)15-12-9-16(10-12)13(17)18-14(3,4)5/h11-12,15H,6-10H2,1-5H3. The zero-order valence-corrected chi connectivity index (χ0v) is 12.5. The maximum Gasteiger partial charge on any atom is 0.410 e. The Balaban J connectivity index is 2.17. The van der Waals surface area contributed by atoms with Gasteiger partial charge in [0.05, 0.1) is 0 Å². The van der Waals surface area contributed by atoms with Crippen molar-refractivity contribution in [3.8, 4) is 0 Å². The third-order valence-electron chi connectivity index (χ3n) is 3.04. The molecule has 1 rings (SSSR count). The van der Waals surface area contributed by atoms with E-state index in [0.29, 0.717) is 12.1 Å². The largest absolute Gasteiger partial charge is 0.444 e. The molecule has 0 aliphatic carbocycles. The van der Waals surface area contributed by atoms with E-state index >= 15 is 0 Å². The molecule has 0 aromatic rings. The normalized spacial score (nSPS) is 18.4. The lowest BCUT2D eigenvalue weighted by Crippen LogP contribution is -2.62. The van der Waals surface area contributed by atoms with E-state index in [9.17, 15) is 4.79 Å². The Morgan fingerprint density at radius 1 is 1.44 bits per heavy atom. The average Bonchev–Trinajstić information content (AvgIpc) is 2.16. The molecule has 1 unspecified atom stereocenters. The van der Waals surface area contributed by atoms with Crippen molar-refractivity contribution in [2.24, 2.45) is 0 Å². The topological polar surface area (TPSA) is 41.6 Å². The number of carbonyl (C=O) groups is 1. The maximum atomic E-state index is 11.7. The lowest BCUT2D eigenvalue weighted by atomic mass is 10.1. The second-order valence-electron chi connectivity index (χ2n) is 6.29.